The zero-order valence-corrected chi connectivity index (χ0v) is 11.3. The van der Waals surface area contributed by atoms with Crippen LogP contribution in [0.3, 0.4) is 0 Å². The van der Waals surface area contributed by atoms with E-state index < -0.39 is 26.5 Å². The monoisotopic (exact) mass is 303 g/mol. The summed E-state index contributed by atoms with van der Waals surface area (Å²) in [6, 6.07) is 3.08. The van der Waals surface area contributed by atoms with Crippen LogP contribution in [0.4, 0.5) is 5.69 Å². The minimum atomic E-state index is -3.36. The lowest BCUT2D eigenvalue weighted by molar-refractivity contribution is -0.385. The summed E-state index contributed by atoms with van der Waals surface area (Å²) in [7, 11) is -3.36. The van der Waals surface area contributed by atoms with E-state index in [1.807, 2.05) is 0 Å². The third-order valence-electron chi connectivity index (χ3n) is 2.20. The van der Waals surface area contributed by atoms with E-state index in [1.54, 1.807) is 0 Å². The van der Waals surface area contributed by atoms with Gasteiger partial charge in [-0.15, -0.1) is 0 Å². The Morgan fingerprint density at radius 2 is 2.05 bits per heavy atom. The number of sulfonamides is 1. The lowest BCUT2D eigenvalue weighted by Crippen LogP contribution is -2.34. The molecule has 10 heteroatoms. The number of aromatic hydroxyl groups is 1. The third kappa shape index (κ3) is 4.82. The van der Waals surface area contributed by atoms with Gasteiger partial charge >= 0.3 is 0 Å². The smallest absolute Gasteiger partial charge is 0.282 e. The number of carbonyl (C=O) groups is 1. The number of hydrogen-bond acceptors (Lipinski definition) is 6. The average Bonchev–Trinajstić information content (AvgIpc) is 2.32. The first-order valence-electron chi connectivity index (χ1n) is 5.41. The highest BCUT2D eigenvalue weighted by atomic mass is 32.2. The molecule has 1 rings (SSSR count). The van der Waals surface area contributed by atoms with Crippen molar-refractivity contribution in [1.29, 1.82) is 0 Å². The van der Waals surface area contributed by atoms with Crippen molar-refractivity contribution in [2.24, 2.45) is 0 Å². The van der Waals surface area contributed by atoms with Crippen molar-refractivity contribution >= 4 is 21.6 Å². The molecule has 0 saturated carbocycles. The topological polar surface area (TPSA) is 139 Å². The number of nitrogens with one attached hydrogen (secondary N) is 2. The van der Waals surface area contributed by atoms with Gasteiger partial charge in [-0.2, -0.15) is 0 Å². The van der Waals surface area contributed by atoms with Gasteiger partial charge in [-0.05, 0) is 12.1 Å². The SMILES string of the molecule is CS(=O)(=O)NCCNC(=O)c1cc(O)ccc1[N+](=O)[O-]. The van der Waals surface area contributed by atoms with Crippen molar-refractivity contribution in [2.45, 2.75) is 0 Å². The number of amides is 1. The Balaban J connectivity index is 2.72. The number of rotatable bonds is 6. The van der Waals surface area contributed by atoms with Gasteiger partial charge < -0.3 is 10.4 Å². The maximum absolute atomic E-state index is 11.7. The molecule has 1 aromatic rings. The fourth-order valence-corrected chi connectivity index (χ4v) is 1.85. The molecule has 110 valence electrons. The predicted molar refractivity (Wildman–Crippen MR) is 69.9 cm³/mol. The fourth-order valence-electron chi connectivity index (χ4n) is 1.37. The zero-order chi connectivity index (χ0) is 15.3. The van der Waals surface area contributed by atoms with Gasteiger partial charge in [0.05, 0.1) is 11.2 Å². The molecule has 20 heavy (non-hydrogen) atoms. The summed E-state index contributed by atoms with van der Waals surface area (Å²) in [4.78, 5) is 21.7. The maximum Gasteiger partial charge on any atom is 0.282 e. The lowest BCUT2D eigenvalue weighted by atomic mass is 10.1. The Hall–Kier alpha value is -2.20. The molecule has 0 aliphatic carbocycles. The van der Waals surface area contributed by atoms with E-state index in [1.165, 1.54) is 0 Å². The van der Waals surface area contributed by atoms with Crippen LogP contribution in [0.5, 0.6) is 5.75 Å². The molecule has 0 aromatic heterocycles. The second-order valence-corrected chi connectivity index (χ2v) is 5.71. The van der Waals surface area contributed by atoms with E-state index >= 15 is 0 Å². The summed E-state index contributed by atoms with van der Waals surface area (Å²) in [5, 5.41) is 22.3. The highest BCUT2D eigenvalue weighted by Gasteiger charge is 2.20. The summed E-state index contributed by atoms with van der Waals surface area (Å²) in [5.74, 6) is -1.06. The molecule has 9 nitrogen and oxygen atoms in total. The molecule has 0 bridgehead atoms. The van der Waals surface area contributed by atoms with E-state index in [4.69, 9.17) is 0 Å². The average molecular weight is 303 g/mol. The van der Waals surface area contributed by atoms with Crippen LogP contribution in [0.25, 0.3) is 0 Å². The van der Waals surface area contributed by atoms with Gasteiger partial charge in [-0.25, -0.2) is 13.1 Å². The summed E-state index contributed by atoms with van der Waals surface area (Å²) in [6.45, 7) is -0.0874. The van der Waals surface area contributed by atoms with E-state index in [0.717, 1.165) is 24.5 Å². The normalized spacial score (nSPS) is 11.1. The second-order valence-electron chi connectivity index (χ2n) is 3.88. The molecule has 0 spiro atoms. The van der Waals surface area contributed by atoms with Crippen LogP contribution in [0.15, 0.2) is 18.2 Å². The van der Waals surface area contributed by atoms with Crippen LogP contribution in [-0.2, 0) is 10.0 Å². The Morgan fingerprint density at radius 3 is 2.60 bits per heavy atom. The van der Waals surface area contributed by atoms with Crippen molar-refractivity contribution in [3.63, 3.8) is 0 Å². The van der Waals surface area contributed by atoms with Crippen LogP contribution in [0.1, 0.15) is 10.4 Å². The van der Waals surface area contributed by atoms with Crippen LogP contribution in [-0.4, -0.2) is 43.7 Å². The Kier molecular flexibility index (Phi) is 5.00. The quantitative estimate of drug-likeness (QED) is 0.370. The van der Waals surface area contributed by atoms with Gasteiger partial charge in [0.15, 0.2) is 0 Å². The van der Waals surface area contributed by atoms with Crippen LogP contribution in [0.2, 0.25) is 0 Å². The fraction of sp³-hybridized carbons (Fsp3) is 0.300. The second kappa shape index (κ2) is 6.30. The Bertz CT molecular complexity index is 628. The van der Waals surface area contributed by atoms with Crippen LogP contribution < -0.4 is 10.0 Å². The van der Waals surface area contributed by atoms with E-state index in [2.05, 4.69) is 10.0 Å². The van der Waals surface area contributed by atoms with E-state index in [-0.39, 0.29) is 24.4 Å². The first-order chi connectivity index (χ1) is 9.20. The van der Waals surface area contributed by atoms with Gasteiger partial charge in [0.1, 0.15) is 11.3 Å². The number of nitro groups is 1. The first-order valence-corrected chi connectivity index (χ1v) is 7.30. The largest absolute Gasteiger partial charge is 0.508 e. The maximum atomic E-state index is 11.7. The third-order valence-corrected chi connectivity index (χ3v) is 2.92. The first kappa shape index (κ1) is 15.9. The molecule has 0 radical (unpaired) electrons. The number of nitro benzene ring substituents is 1. The zero-order valence-electron chi connectivity index (χ0n) is 10.5. The molecule has 0 aliphatic heterocycles. The number of phenols is 1. The molecule has 0 saturated heterocycles. The van der Waals surface area contributed by atoms with Gasteiger partial charge in [0.25, 0.3) is 11.6 Å². The highest BCUT2D eigenvalue weighted by molar-refractivity contribution is 7.88. The number of carbonyl (C=O) groups excluding carboxylic acids is 1. The van der Waals surface area contributed by atoms with Crippen molar-refractivity contribution in [3.8, 4) is 5.75 Å². The number of benzene rings is 1. The predicted octanol–water partition coefficient (Wildman–Crippen LogP) is -0.421. The van der Waals surface area contributed by atoms with Crippen molar-refractivity contribution in [2.75, 3.05) is 19.3 Å². The molecule has 0 heterocycles. The summed E-state index contributed by atoms with van der Waals surface area (Å²) < 4.78 is 23.7. The molecular formula is C10H13N3O6S. The minimum absolute atomic E-state index is 0.0429. The number of phenolic OH excluding ortho intramolecular Hbond substituents is 1. The van der Waals surface area contributed by atoms with Gasteiger partial charge in [0.2, 0.25) is 10.0 Å². The molecule has 0 atom stereocenters. The van der Waals surface area contributed by atoms with Gasteiger partial charge in [-0.3, -0.25) is 14.9 Å². The number of hydrogen-bond donors (Lipinski definition) is 3. The molecule has 1 aromatic carbocycles. The summed E-state index contributed by atoms with van der Waals surface area (Å²) >= 11 is 0. The van der Waals surface area contributed by atoms with Gasteiger partial charge in [0, 0.05) is 19.2 Å². The standard InChI is InChI=1S/C10H13N3O6S/c1-20(18,19)12-5-4-11-10(15)8-6-7(14)2-3-9(8)13(16)17/h2-3,6,12,14H,4-5H2,1H3,(H,11,15). The summed E-state index contributed by atoms with van der Waals surface area (Å²) in [6.07, 6.45) is 0.967. The van der Waals surface area contributed by atoms with Crippen molar-refractivity contribution < 1.29 is 23.2 Å². The van der Waals surface area contributed by atoms with Crippen molar-refractivity contribution in [1.82, 2.24) is 10.0 Å². The molecule has 0 unspecified atom stereocenters. The minimum Gasteiger partial charge on any atom is -0.508 e. The molecular weight excluding hydrogens is 290 g/mol. The van der Waals surface area contributed by atoms with Crippen LogP contribution >= 0.6 is 0 Å². The lowest BCUT2D eigenvalue weighted by Gasteiger charge is -2.06. The van der Waals surface area contributed by atoms with Crippen LogP contribution in [0, 0.1) is 10.1 Å². The van der Waals surface area contributed by atoms with Crippen molar-refractivity contribution in [3.05, 3.63) is 33.9 Å². The summed E-state index contributed by atoms with van der Waals surface area (Å²) in [5.41, 5.74) is -0.745. The molecule has 0 fully saturated rings. The molecule has 1 amide bonds. The Morgan fingerprint density at radius 1 is 1.40 bits per heavy atom. The van der Waals surface area contributed by atoms with E-state index in [9.17, 15) is 28.4 Å². The highest BCUT2D eigenvalue weighted by Crippen LogP contribution is 2.22. The Labute approximate surface area is 114 Å². The molecule has 0 aliphatic rings. The van der Waals surface area contributed by atoms with Gasteiger partial charge in [-0.1, -0.05) is 0 Å². The van der Waals surface area contributed by atoms with E-state index in [0.29, 0.717) is 0 Å². The number of nitrogens with zero attached hydrogens (tertiary/aromatic N) is 1. The molecule has 3 N–H and O–H groups in total.